The lowest BCUT2D eigenvalue weighted by Crippen LogP contribution is -2.60. The molecule has 1 amide bonds. The van der Waals surface area contributed by atoms with Gasteiger partial charge in [-0.2, -0.15) is 0 Å². The Labute approximate surface area is 470 Å². The molecule has 76 heavy (non-hydrogen) atoms. The van der Waals surface area contributed by atoms with E-state index in [9.17, 15) is 30.3 Å². The van der Waals surface area contributed by atoms with Gasteiger partial charge in [0.25, 0.3) is 0 Å². The predicted octanol–water partition coefficient (Wildman–Crippen LogP) is 17.7. The van der Waals surface area contributed by atoms with Crippen molar-refractivity contribution in [3.05, 3.63) is 24.3 Å². The van der Waals surface area contributed by atoms with Gasteiger partial charge in [0.2, 0.25) is 5.91 Å². The van der Waals surface area contributed by atoms with Crippen molar-refractivity contribution in [1.82, 2.24) is 5.32 Å². The molecule has 1 fully saturated rings. The zero-order valence-electron chi connectivity index (χ0n) is 50.3. The number of ether oxygens (including phenoxy) is 2. The Morgan fingerprint density at radius 1 is 0.447 bits per heavy atom. The van der Waals surface area contributed by atoms with Crippen molar-refractivity contribution >= 4 is 5.91 Å². The second-order valence-electron chi connectivity index (χ2n) is 23.6. The van der Waals surface area contributed by atoms with E-state index in [1.807, 2.05) is 0 Å². The molecule has 0 aromatic heterocycles. The first kappa shape index (κ1) is 72.7. The Bertz CT molecular complexity index is 1250. The maximum Gasteiger partial charge on any atom is 0.220 e. The van der Waals surface area contributed by atoms with Crippen LogP contribution in [0.5, 0.6) is 0 Å². The summed E-state index contributed by atoms with van der Waals surface area (Å²) >= 11 is 0. The second-order valence-corrected chi connectivity index (χ2v) is 23.6. The number of unbranched alkanes of at least 4 members (excludes halogenated alkanes) is 45. The lowest BCUT2D eigenvalue weighted by atomic mass is 9.99. The number of aliphatic hydroxyl groups excluding tert-OH is 5. The molecule has 0 saturated carbocycles. The Morgan fingerprint density at radius 3 is 1.13 bits per heavy atom. The van der Waals surface area contributed by atoms with Gasteiger partial charge in [0.15, 0.2) is 6.29 Å². The van der Waals surface area contributed by atoms with Crippen LogP contribution < -0.4 is 5.32 Å². The lowest BCUT2D eigenvalue weighted by Gasteiger charge is -2.40. The molecule has 1 aliphatic rings. The summed E-state index contributed by atoms with van der Waals surface area (Å²) in [5, 5.41) is 54.8. The SMILES string of the molecule is CCCCCCC/C=C\C/C=C\CCCCCCCCCCCCCCCCCCCCCCCCCC(=O)NC(COC1OC(CO)C(O)C(O)C1O)C(O)CCCCCCCCCCCCCCCCCCCC. The largest absolute Gasteiger partial charge is 0.394 e. The fourth-order valence-electron chi connectivity index (χ4n) is 11.0. The first-order valence-corrected chi connectivity index (χ1v) is 33.5. The van der Waals surface area contributed by atoms with Gasteiger partial charge in [-0.3, -0.25) is 4.79 Å². The number of nitrogens with one attached hydrogen (secondary N) is 1. The Kier molecular flexibility index (Phi) is 54.4. The molecule has 450 valence electrons. The monoisotopic (exact) mass is 1080 g/mol. The van der Waals surface area contributed by atoms with Gasteiger partial charge in [0.05, 0.1) is 25.4 Å². The molecule has 1 aliphatic heterocycles. The van der Waals surface area contributed by atoms with Gasteiger partial charge in [-0.25, -0.2) is 0 Å². The van der Waals surface area contributed by atoms with Crippen LogP contribution in [0.25, 0.3) is 0 Å². The minimum absolute atomic E-state index is 0.133. The summed E-state index contributed by atoms with van der Waals surface area (Å²) < 4.78 is 11.3. The Balaban J connectivity index is 2.07. The van der Waals surface area contributed by atoms with E-state index in [4.69, 9.17) is 9.47 Å². The van der Waals surface area contributed by atoms with Gasteiger partial charge >= 0.3 is 0 Å². The lowest BCUT2D eigenvalue weighted by molar-refractivity contribution is -0.302. The van der Waals surface area contributed by atoms with Crippen LogP contribution in [0.2, 0.25) is 0 Å². The van der Waals surface area contributed by atoms with E-state index < -0.39 is 49.5 Å². The highest BCUT2D eigenvalue weighted by Gasteiger charge is 2.44. The summed E-state index contributed by atoms with van der Waals surface area (Å²) in [6.07, 6.45) is 66.7. The highest BCUT2D eigenvalue weighted by molar-refractivity contribution is 5.76. The van der Waals surface area contributed by atoms with Gasteiger partial charge in [-0.15, -0.1) is 0 Å². The summed E-state index contributed by atoms with van der Waals surface area (Å²) in [4.78, 5) is 13.1. The van der Waals surface area contributed by atoms with Crippen LogP contribution >= 0.6 is 0 Å². The van der Waals surface area contributed by atoms with Crippen LogP contribution in [0.3, 0.4) is 0 Å². The molecular formula is C67H129NO8. The fraction of sp³-hybridized carbons (Fsp3) is 0.925. The van der Waals surface area contributed by atoms with Crippen molar-refractivity contribution < 1.29 is 39.8 Å². The maximum absolute atomic E-state index is 13.1. The van der Waals surface area contributed by atoms with E-state index in [2.05, 4.69) is 43.5 Å². The average Bonchev–Trinajstić information content (AvgIpc) is 3.42. The van der Waals surface area contributed by atoms with Crippen molar-refractivity contribution in [2.45, 2.75) is 384 Å². The van der Waals surface area contributed by atoms with Crippen molar-refractivity contribution in [1.29, 1.82) is 0 Å². The highest BCUT2D eigenvalue weighted by Crippen LogP contribution is 2.24. The van der Waals surface area contributed by atoms with Crippen LogP contribution in [0.1, 0.15) is 341 Å². The number of carbonyl (C=O) groups excluding carboxylic acids is 1. The molecule has 6 N–H and O–H groups in total. The number of hydrogen-bond donors (Lipinski definition) is 6. The van der Waals surface area contributed by atoms with E-state index in [0.717, 1.165) is 44.9 Å². The number of rotatable bonds is 59. The minimum Gasteiger partial charge on any atom is -0.394 e. The summed E-state index contributed by atoms with van der Waals surface area (Å²) in [6.45, 7) is 3.87. The van der Waals surface area contributed by atoms with Crippen LogP contribution in [0.15, 0.2) is 24.3 Å². The fourth-order valence-corrected chi connectivity index (χ4v) is 11.0. The van der Waals surface area contributed by atoms with E-state index >= 15 is 0 Å². The number of aliphatic hydroxyl groups is 5. The molecule has 1 heterocycles. The molecular weight excluding hydrogens is 947 g/mol. The third-order valence-electron chi connectivity index (χ3n) is 16.3. The zero-order chi connectivity index (χ0) is 55.0. The second kappa shape index (κ2) is 56.9. The van der Waals surface area contributed by atoms with E-state index in [-0.39, 0.29) is 12.5 Å². The number of hydrogen-bond acceptors (Lipinski definition) is 8. The molecule has 0 radical (unpaired) electrons. The molecule has 0 spiro atoms. The van der Waals surface area contributed by atoms with Gasteiger partial charge in [0, 0.05) is 6.42 Å². The number of allylic oxidation sites excluding steroid dienone is 4. The molecule has 0 aromatic rings. The molecule has 7 atom stereocenters. The van der Waals surface area contributed by atoms with Crippen molar-refractivity contribution in [3.63, 3.8) is 0 Å². The van der Waals surface area contributed by atoms with Gasteiger partial charge in [-0.05, 0) is 44.9 Å². The quantitative estimate of drug-likeness (QED) is 0.0261. The molecule has 1 rings (SSSR count). The minimum atomic E-state index is -1.55. The van der Waals surface area contributed by atoms with Crippen LogP contribution in [-0.4, -0.2) is 87.5 Å². The van der Waals surface area contributed by atoms with Crippen molar-refractivity contribution in [3.8, 4) is 0 Å². The van der Waals surface area contributed by atoms with Gasteiger partial charge in [0.1, 0.15) is 24.4 Å². The molecule has 0 bridgehead atoms. The normalized spacial score (nSPS) is 18.9. The number of carbonyl (C=O) groups is 1. The molecule has 0 aromatic carbocycles. The topological polar surface area (TPSA) is 149 Å². The zero-order valence-corrected chi connectivity index (χ0v) is 50.3. The molecule has 1 saturated heterocycles. The number of amides is 1. The standard InChI is InChI=1S/C67H129NO8/c1-3-5-7-9-11-13-15-17-19-21-23-24-25-26-27-28-29-30-31-32-33-34-35-36-37-38-39-41-43-45-47-49-51-53-55-57-63(71)68-60(59-75-67-66(74)65(73)64(72)62(58-69)76-67)61(70)56-54-52-50-48-46-44-42-40-22-20-18-16-14-12-10-8-6-4-2/h15,17,21,23,60-62,64-67,69-70,72-74H,3-14,16,18-20,22,24-59H2,1-2H3,(H,68,71)/b17-15-,23-21-. The Morgan fingerprint density at radius 2 is 0.776 bits per heavy atom. The van der Waals surface area contributed by atoms with Crippen molar-refractivity contribution in [2.75, 3.05) is 13.2 Å². The predicted molar refractivity (Wildman–Crippen MR) is 323 cm³/mol. The van der Waals surface area contributed by atoms with E-state index in [1.54, 1.807) is 0 Å². The molecule has 9 nitrogen and oxygen atoms in total. The summed E-state index contributed by atoms with van der Waals surface area (Å²) in [5.74, 6) is -0.136. The van der Waals surface area contributed by atoms with Crippen LogP contribution in [0, 0.1) is 0 Å². The van der Waals surface area contributed by atoms with E-state index in [1.165, 1.54) is 270 Å². The van der Waals surface area contributed by atoms with Gasteiger partial charge in [-0.1, -0.05) is 314 Å². The van der Waals surface area contributed by atoms with Crippen LogP contribution in [-0.2, 0) is 14.3 Å². The van der Waals surface area contributed by atoms with E-state index in [0.29, 0.717) is 12.8 Å². The molecule has 9 heteroatoms. The summed E-state index contributed by atoms with van der Waals surface area (Å²) in [6, 6.07) is -0.716. The first-order valence-electron chi connectivity index (χ1n) is 33.5. The maximum atomic E-state index is 13.1. The third kappa shape index (κ3) is 45.4. The van der Waals surface area contributed by atoms with Gasteiger partial charge < -0.3 is 40.3 Å². The third-order valence-corrected chi connectivity index (χ3v) is 16.3. The summed E-state index contributed by atoms with van der Waals surface area (Å²) in [7, 11) is 0. The average molecular weight is 1080 g/mol. The van der Waals surface area contributed by atoms with Crippen molar-refractivity contribution in [2.24, 2.45) is 0 Å². The smallest absolute Gasteiger partial charge is 0.220 e. The summed E-state index contributed by atoms with van der Waals surface area (Å²) in [5.41, 5.74) is 0. The molecule has 0 aliphatic carbocycles. The first-order chi connectivity index (χ1) is 37.3. The highest BCUT2D eigenvalue weighted by atomic mass is 16.7. The molecule has 7 unspecified atom stereocenters. The van der Waals surface area contributed by atoms with Crippen LogP contribution in [0.4, 0.5) is 0 Å². The Hall–Kier alpha value is -1.33.